The van der Waals surface area contributed by atoms with Gasteiger partial charge in [-0.25, -0.2) is 0 Å². The van der Waals surface area contributed by atoms with Crippen molar-refractivity contribution >= 4 is 0 Å². The summed E-state index contributed by atoms with van der Waals surface area (Å²) in [7, 11) is 0. The minimum Gasteiger partial charge on any atom is -0.317 e. The number of hydrogen-bond donors (Lipinski definition) is 1. The Morgan fingerprint density at radius 2 is 1.58 bits per heavy atom. The van der Waals surface area contributed by atoms with Crippen molar-refractivity contribution in [3.05, 3.63) is 0 Å². The molecule has 1 saturated heterocycles. The lowest BCUT2D eigenvalue weighted by molar-refractivity contribution is 0.165. The maximum Gasteiger partial charge on any atom is -0.00463 e. The SMILES string of the molecule is CC1CC(C)C(C)CCNCCCC(C)(C)C(C)C1. The lowest BCUT2D eigenvalue weighted by Crippen LogP contribution is -2.25. The summed E-state index contributed by atoms with van der Waals surface area (Å²) in [5.41, 5.74) is 0.499. The van der Waals surface area contributed by atoms with Crippen molar-refractivity contribution in [3.8, 4) is 0 Å². The number of rotatable bonds is 0. The van der Waals surface area contributed by atoms with Crippen LogP contribution in [0.5, 0.6) is 0 Å². The van der Waals surface area contributed by atoms with E-state index in [1.807, 2.05) is 0 Å². The van der Waals surface area contributed by atoms with Gasteiger partial charge in [0.15, 0.2) is 0 Å². The van der Waals surface area contributed by atoms with Gasteiger partial charge < -0.3 is 5.32 Å². The maximum atomic E-state index is 3.64. The van der Waals surface area contributed by atoms with Crippen LogP contribution in [0.1, 0.15) is 73.6 Å². The van der Waals surface area contributed by atoms with E-state index in [2.05, 4.69) is 46.9 Å². The summed E-state index contributed by atoms with van der Waals surface area (Å²) in [6.07, 6.45) is 6.83. The van der Waals surface area contributed by atoms with E-state index in [0.717, 1.165) is 23.7 Å². The second-order valence-corrected chi connectivity index (χ2v) is 8.06. The first-order valence-corrected chi connectivity index (χ1v) is 8.53. The second-order valence-electron chi connectivity index (χ2n) is 8.06. The Morgan fingerprint density at radius 3 is 2.26 bits per heavy atom. The van der Waals surface area contributed by atoms with Crippen LogP contribution < -0.4 is 5.32 Å². The van der Waals surface area contributed by atoms with Gasteiger partial charge in [0.1, 0.15) is 0 Å². The van der Waals surface area contributed by atoms with Crippen LogP contribution in [0.3, 0.4) is 0 Å². The van der Waals surface area contributed by atoms with E-state index >= 15 is 0 Å². The molecule has 1 aliphatic heterocycles. The van der Waals surface area contributed by atoms with E-state index in [9.17, 15) is 0 Å². The second kappa shape index (κ2) is 7.67. The zero-order valence-corrected chi connectivity index (χ0v) is 14.3. The van der Waals surface area contributed by atoms with Crippen LogP contribution in [-0.4, -0.2) is 13.1 Å². The minimum absolute atomic E-state index is 0.499. The standard InChI is InChI=1S/C18H37N/c1-14-12-16(3)15(2)8-11-19-10-7-9-18(5,6)17(4)13-14/h14-17,19H,7-13H2,1-6H3. The normalized spacial score (nSPS) is 38.8. The third-order valence-electron chi connectivity index (χ3n) is 5.79. The molecule has 1 fully saturated rings. The summed E-state index contributed by atoms with van der Waals surface area (Å²) in [4.78, 5) is 0. The Hall–Kier alpha value is -0.0400. The highest BCUT2D eigenvalue weighted by Gasteiger charge is 2.27. The smallest absolute Gasteiger partial charge is 0.00463 e. The maximum absolute atomic E-state index is 3.64. The van der Waals surface area contributed by atoms with Gasteiger partial charge in [0.05, 0.1) is 0 Å². The fraction of sp³-hybridized carbons (Fsp3) is 1.00. The third kappa shape index (κ3) is 5.85. The molecule has 1 nitrogen and oxygen atoms in total. The van der Waals surface area contributed by atoms with Gasteiger partial charge in [0, 0.05) is 0 Å². The number of nitrogens with one attached hydrogen (secondary N) is 1. The highest BCUT2D eigenvalue weighted by Crippen LogP contribution is 2.37. The predicted octanol–water partition coefficient (Wildman–Crippen LogP) is 5.11. The zero-order valence-electron chi connectivity index (χ0n) is 14.3. The fourth-order valence-electron chi connectivity index (χ4n) is 3.54. The molecule has 4 unspecified atom stereocenters. The molecule has 0 aromatic heterocycles. The van der Waals surface area contributed by atoms with Crippen LogP contribution >= 0.6 is 0 Å². The Morgan fingerprint density at radius 1 is 0.895 bits per heavy atom. The molecule has 4 atom stereocenters. The summed E-state index contributed by atoms with van der Waals surface area (Å²) in [5.74, 6) is 3.44. The van der Waals surface area contributed by atoms with Crippen molar-refractivity contribution in [3.63, 3.8) is 0 Å². The van der Waals surface area contributed by atoms with Crippen molar-refractivity contribution in [2.75, 3.05) is 13.1 Å². The molecule has 0 amide bonds. The number of hydrogen-bond acceptors (Lipinski definition) is 1. The highest BCUT2D eigenvalue weighted by atomic mass is 14.8. The molecule has 0 aromatic carbocycles. The van der Waals surface area contributed by atoms with Gasteiger partial charge in [-0.05, 0) is 74.3 Å². The van der Waals surface area contributed by atoms with E-state index in [1.165, 1.54) is 45.2 Å². The van der Waals surface area contributed by atoms with Crippen molar-refractivity contribution in [2.24, 2.45) is 29.1 Å². The molecule has 0 aromatic rings. The molecule has 19 heavy (non-hydrogen) atoms. The Bertz CT molecular complexity index is 246. The molecule has 1 heterocycles. The third-order valence-corrected chi connectivity index (χ3v) is 5.79. The molecule has 0 radical (unpaired) electrons. The predicted molar refractivity (Wildman–Crippen MR) is 86.4 cm³/mol. The molecule has 0 bridgehead atoms. The van der Waals surface area contributed by atoms with Crippen LogP contribution in [-0.2, 0) is 0 Å². The molecular weight excluding hydrogens is 230 g/mol. The van der Waals surface area contributed by atoms with Crippen LogP contribution in [0.25, 0.3) is 0 Å². The van der Waals surface area contributed by atoms with Crippen molar-refractivity contribution in [1.82, 2.24) is 5.32 Å². The fourth-order valence-corrected chi connectivity index (χ4v) is 3.54. The topological polar surface area (TPSA) is 12.0 Å². The summed E-state index contributed by atoms with van der Waals surface area (Å²) >= 11 is 0. The zero-order chi connectivity index (χ0) is 14.5. The van der Waals surface area contributed by atoms with Gasteiger partial charge in [-0.2, -0.15) is 0 Å². The van der Waals surface area contributed by atoms with Gasteiger partial charge in [-0.15, -0.1) is 0 Å². The van der Waals surface area contributed by atoms with Gasteiger partial charge >= 0.3 is 0 Å². The average molecular weight is 268 g/mol. The molecule has 0 saturated carbocycles. The largest absolute Gasteiger partial charge is 0.317 e. The van der Waals surface area contributed by atoms with Gasteiger partial charge in [0.25, 0.3) is 0 Å². The van der Waals surface area contributed by atoms with E-state index in [1.54, 1.807) is 0 Å². The molecule has 1 rings (SSSR count). The van der Waals surface area contributed by atoms with Gasteiger partial charge in [-0.3, -0.25) is 0 Å². The van der Waals surface area contributed by atoms with Crippen LogP contribution in [0, 0.1) is 29.1 Å². The van der Waals surface area contributed by atoms with Crippen LogP contribution in [0.2, 0.25) is 0 Å². The Kier molecular flexibility index (Phi) is 6.86. The van der Waals surface area contributed by atoms with E-state index in [-0.39, 0.29) is 0 Å². The Balaban J connectivity index is 2.64. The highest BCUT2D eigenvalue weighted by molar-refractivity contribution is 4.79. The van der Waals surface area contributed by atoms with E-state index in [4.69, 9.17) is 0 Å². The summed E-state index contributed by atoms with van der Waals surface area (Å²) in [6, 6.07) is 0. The molecule has 0 spiro atoms. The van der Waals surface area contributed by atoms with E-state index < -0.39 is 0 Å². The van der Waals surface area contributed by atoms with Gasteiger partial charge in [-0.1, -0.05) is 41.5 Å². The lowest BCUT2D eigenvalue weighted by Gasteiger charge is -2.34. The van der Waals surface area contributed by atoms with E-state index in [0.29, 0.717) is 5.41 Å². The first-order chi connectivity index (χ1) is 8.83. The molecule has 0 aliphatic carbocycles. The van der Waals surface area contributed by atoms with Crippen LogP contribution in [0.15, 0.2) is 0 Å². The molecular formula is C18H37N. The summed E-state index contributed by atoms with van der Waals surface area (Å²) in [5, 5.41) is 3.64. The Labute approximate surface area is 121 Å². The monoisotopic (exact) mass is 267 g/mol. The lowest BCUT2D eigenvalue weighted by atomic mass is 9.71. The van der Waals surface area contributed by atoms with Crippen molar-refractivity contribution in [2.45, 2.75) is 73.6 Å². The van der Waals surface area contributed by atoms with Crippen molar-refractivity contribution in [1.29, 1.82) is 0 Å². The minimum atomic E-state index is 0.499. The average Bonchev–Trinajstić information content (AvgIpc) is 2.32. The van der Waals surface area contributed by atoms with Crippen molar-refractivity contribution < 1.29 is 0 Å². The molecule has 1 heteroatoms. The summed E-state index contributed by atoms with van der Waals surface area (Å²) < 4.78 is 0. The molecule has 1 aliphatic rings. The van der Waals surface area contributed by atoms with Gasteiger partial charge in [0.2, 0.25) is 0 Å². The quantitative estimate of drug-likeness (QED) is 0.643. The summed E-state index contributed by atoms with van der Waals surface area (Å²) in [6.45, 7) is 17.2. The first-order valence-electron chi connectivity index (χ1n) is 8.53. The first kappa shape index (κ1) is 17.0. The molecule has 1 N–H and O–H groups in total. The molecule has 114 valence electrons. The van der Waals surface area contributed by atoms with Crippen LogP contribution in [0.4, 0.5) is 0 Å².